The average molecular weight is 617 g/mol. The maximum absolute atomic E-state index is 14.6. The molecular weight excluding hydrogens is 564 g/mol. The van der Waals surface area contributed by atoms with Crippen LogP contribution in [0.25, 0.3) is 0 Å². The fraction of sp³-hybridized carbons (Fsp3) is 0.684. The lowest BCUT2D eigenvalue weighted by atomic mass is 9.32. The summed E-state index contributed by atoms with van der Waals surface area (Å²) in [5.74, 6) is 0.355. The number of hydrogen-bond acceptors (Lipinski definition) is 5. The second-order valence-corrected chi connectivity index (χ2v) is 16.1. The minimum atomic E-state index is -1.10. The number of ether oxygens (including phenoxy) is 1. The van der Waals surface area contributed by atoms with Crippen LogP contribution in [-0.4, -0.2) is 70.5 Å². The normalized spacial score (nSPS) is 43.0. The van der Waals surface area contributed by atoms with Crippen molar-refractivity contribution in [1.82, 2.24) is 10.2 Å². The monoisotopic (exact) mass is 616 g/mol. The summed E-state index contributed by atoms with van der Waals surface area (Å²) in [5, 5.41) is 26.8. The van der Waals surface area contributed by atoms with Gasteiger partial charge in [-0.2, -0.15) is 0 Å². The quantitative estimate of drug-likeness (QED) is 0.256. The van der Waals surface area contributed by atoms with E-state index < -0.39 is 16.4 Å². The van der Waals surface area contributed by atoms with Crippen LogP contribution in [0, 0.1) is 33.5 Å². The lowest BCUT2D eigenvalue weighted by molar-refractivity contribution is -0.175. The number of aliphatic hydroxyl groups excluding tert-OH is 1. The summed E-state index contributed by atoms with van der Waals surface area (Å²) in [7, 11) is 0. The van der Waals surface area contributed by atoms with E-state index in [9.17, 15) is 19.8 Å². The Bertz CT molecular complexity index is 1400. The van der Waals surface area contributed by atoms with Gasteiger partial charge in [-0.3, -0.25) is 4.79 Å². The van der Waals surface area contributed by atoms with Gasteiger partial charge >= 0.3 is 6.03 Å². The van der Waals surface area contributed by atoms with Gasteiger partial charge in [0, 0.05) is 46.6 Å². The van der Waals surface area contributed by atoms with Crippen LogP contribution in [0.5, 0.6) is 0 Å². The van der Waals surface area contributed by atoms with Crippen LogP contribution in [-0.2, 0) is 4.74 Å². The first-order valence-corrected chi connectivity index (χ1v) is 17.5. The number of Topliss-reactive ketones (excluding diaryl/α,β-unsaturated/α-hetero) is 1. The van der Waals surface area contributed by atoms with Gasteiger partial charge in [0.05, 0.1) is 24.4 Å². The highest BCUT2D eigenvalue weighted by Crippen LogP contribution is 2.78. The Morgan fingerprint density at radius 3 is 2.42 bits per heavy atom. The summed E-state index contributed by atoms with van der Waals surface area (Å²) in [6, 6.07) is 9.46. The zero-order chi connectivity index (χ0) is 31.8. The lowest BCUT2D eigenvalue weighted by Gasteiger charge is -2.71. The first-order chi connectivity index (χ1) is 21.4. The number of rotatable bonds is 7. The smallest absolute Gasteiger partial charge is 0.317 e. The van der Waals surface area contributed by atoms with Gasteiger partial charge in [0.25, 0.3) is 0 Å². The molecule has 2 spiro atoms. The van der Waals surface area contributed by atoms with Crippen LogP contribution in [0.3, 0.4) is 0 Å². The molecule has 3 saturated carbocycles. The molecule has 7 heteroatoms. The maximum Gasteiger partial charge on any atom is 0.317 e. The Hall–Kier alpha value is -2.48. The van der Waals surface area contributed by atoms with Gasteiger partial charge in [0.2, 0.25) is 0 Å². The number of urea groups is 1. The fourth-order valence-electron chi connectivity index (χ4n) is 11.3. The molecule has 1 heterocycles. The predicted octanol–water partition coefficient (Wildman–Crippen LogP) is 6.06. The van der Waals surface area contributed by atoms with Crippen molar-refractivity contribution in [3.05, 3.63) is 59.7 Å². The molecule has 0 aromatic heterocycles. The molecule has 1 saturated heterocycles. The van der Waals surface area contributed by atoms with Gasteiger partial charge in [-0.05, 0) is 88.9 Å². The molecule has 2 bridgehead atoms. The van der Waals surface area contributed by atoms with Crippen LogP contribution in [0.15, 0.2) is 54.1 Å². The molecule has 1 aromatic carbocycles. The Balaban J connectivity index is 1.30. The zero-order valence-electron chi connectivity index (χ0n) is 27.6. The molecule has 9 atom stereocenters. The number of nitrogens with one attached hydrogen (secondary N) is 1. The number of nitrogens with zero attached hydrogens (tertiary/aromatic N) is 1. The second kappa shape index (κ2) is 10.8. The maximum atomic E-state index is 14.6. The van der Waals surface area contributed by atoms with Crippen LogP contribution in [0.4, 0.5) is 4.79 Å². The highest BCUT2D eigenvalue weighted by molar-refractivity contribution is 6.10. The van der Waals surface area contributed by atoms with E-state index in [1.807, 2.05) is 49.1 Å². The average Bonchev–Trinajstić information content (AvgIpc) is 3.62. The lowest BCUT2D eigenvalue weighted by Crippen LogP contribution is -2.67. The molecular formula is C38H52N2O5. The third-order valence-electron chi connectivity index (χ3n) is 13.6. The first-order valence-electron chi connectivity index (χ1n) is 17.5. The van der Waals surface area contributed by atoms with Crippen LogP contribution >= 0.6 is 0 Å². The van der Waals surface area contributed by atoms with E-state index in [1.165, 1.54) is 0 Å². The largest absolute Gasteiger partial charge is 0.393 e. The molecule has 3 N–H and O–H groups in total. The van der Waals surface area contributed by atoms with Crippen molar-refractivity contribution < 1.29 is 24.5 Å². The van der Waals surface area contributed by atoms with Gasteiger partial charge in [-0.25, -0.2) is 4.79 Å². The van der Waals surface area contributed by atoms with Crippen molar-refractivity contribution in [2.24, 2.45) is 33.5 Å². The summed E-state index contributed by atoms with van der Waals surface area (Å²) >= 11 is 0. The van der Waals surface area contributed by atoms with Crippen LogP contribution in [0.1, 0.15) is 95.8 Å². The van der Waals surface area contributed by atoms with Gasteiger partial charge < -0.3 is 25.2 Å². The number of benzene rings is 1. The summed E-state index contributed by atoms with van der Waals surface area (Å²) in [4.78, 5) is 30.0. The molecule has 2 amide bonds. The number of carbonyl (C=O) groups is 2. The zero-order valence-corrected chi connectivity index (χ0v) is 27.6. The van der Waals surface area contributed by atoms with Gasteiger partial charge in [0.1, 0.15) is 0 Å². The molecule has 4 fully saturated rings. The third kappa shape index (κ3) is 4.46. The number of carbonyl (C=O) groups excluding carboxylic acids is 2. The van der Waals surface area contributed by atoms with E-state index in [4.69, 9.17) is 4.74 Å². The Labute approximate surface area is 268 Å². The molecule has 1 aliphatic heterocycles. The predicted molar refractivity (Wildman–Crippen MR) is 174 cm³/mol. The molecule has 0 radical (unpaired) electrons. The number of ketones is 1. The standard InChI is InChI=1S/C38H52N2O5/c1-25(2)39-33(43)40(23-28-11-8-20-45-28)24-37(44)17-14-31-35(37,4)16-13-30-34(3)15-12-27(41)21-36(34)18-19-38(30,31)29(22-36)32(42)26-9-6-5-7-10-26/h5-7,9-10,18-19,22,25,27-28,30-31,41,44H,8,11-17,20-21,23-24H2,1-4H3,(H,39,43)/t27?,28-,30-,31-,34-,35+,36+,37-,38-/m1/s1. The molecule has 244 valence electrons. The first kappa shape index (κ1) is 31.1. The Kier molecular flexibility index (Phi) is 7.46. The van der Waals surface area contributed by atoms with Crippen molar-refractivity contribution >= 4 is 11.8 Å². The number of amides is 2. The van der Waals surface area contributed by atoms with E-state index >= 15 is 0 Å². The number of fused-ring (bicyclic) bond motifs is 1. The topological polar surface area (TPSA) is 99.1 Å². The number of aliphatic hydroxyl groups is 2. The van der Waals surface area contributed by atoms with Crippen molar-refractivity contribution in [3.63, 3.8) is 0 Å². The minimum Gasteiger partial charge on any atom is -0.393 e. The van der Waals surface area contributed by atoms with E-state index in [0.29, 0.717) is 31.6 Å². The van der Waals surface area contributed by atoms with E-state index in [0.717, 1.165) is 50.5 Å². The second-order valence-electron chi connectivity index (χ2n) is 16.1. The number of allylic oxidation sites excluding steroid dienone is 4. The van der Waals surface area contributed by atoms with Crippen molar-refractivity contribution in [2.45, 2.75) is 109 Å². The highest BCUT2D eigenvalue weighted by Gasteiger charge is 2.74. The van der Waals surface area contributed by atoms with Gasteiger partial charge in [-0.15, -0.1) is 0 Å². The summed E-state index contributed by atoms with van der Waals surface area (Å²) in [5.41, 5.74) is -0.988. The van der Waals surface area contributed by atoms with Crippen molar-refractivity contribution in [2.75, 3.05) is 19.7 Å². The summed E-state index contributed by atoms with van der Waals surface area (Å²) in [6.07, 6.45) is 14.0. The van der Waals surface area contributed by atoms with Gasteiger partial charge in [0.15, 0.2) is 5.78 Å². The molecule has 1 unspecified atom stereocenters. The fourth-order valence-corrected chi connectivity index (χ4v) is 11.3. The molecule has 8 rings (SSSR count). The van der Waals surface area contributed by atoms with Crippen molar-refractivity contribution in [1.29, 1.82) is 0 Å². The number of hydrogen-bond donors (Lipinski definition) is 3. The molecule has 6 aliphatic carbocycles. The summed E-state index contributed by atoms with van der Waals surface area (Å²) < 4.78 is 5.95. The molecule has 45 heavy (non-hydrogen) atoms. The van der Waals surface area contributed by atoms with E-state index in [-0.39, 0.29) is 59.3 Å². The van der Waals surface area contributed by atoms with Crippen molar-refractivity contribution in [3.8, 4) is 0 Å². The van der Waals surface area contributed by atoms with Crippen LogP contribution < -0.4 is 5.32 Å². The molecule has 7 nitrogen and oxygen atoms in total. The van der Waals surface area contributed by atoms with E-state index in [2.05, 4.69) is 37.4 Å². The van der Waals surface area contributed by atoms with Gasteiger partial charge in [-0.1, -0.05) is 62.4 Å². The highest BCUT2D eigenvalue weighted by atomic mass is 16.5. The summed E-state index contributed by atoms with van der Waals surface area (Å²) in [6.45, 7) is 10.0. The molecule has 7 aliphatic rings. The Morgan fingerprint density at radius 2 is 1.71 bits per heavy atom. The Morgan fingerprint density at radius 1 is 1.00 bits per heavy atom. The minimum absolute atomic E-state index is 0.0123. The SMILES string of the molecule is CC(C)NC(=O)N(C[C@H]1CCCO1)C[C@]1(O)CC[C@H]2[C@]34C=C[C@@]5(C=C3C(=O)c3ccccc3)CC(O)CC[C@]5(C)[C@H]4CC[C@@]21C. The third-order valence-corrected chi connectivity index (χ3v) is 13.6. The molecule has 1 aromatic rings. The van der Waals surface area contributed by atoms with Crippen LogP contribution in [0.2, 0.25) is 0 Å². The van der Waals surface area contributed by atoms with E-state index in [1.54, 1.807) is 0 Å².